The topological polar surface area (TPSA) is 37.3 Å². The van der Waals surface area contributed by atoms with Gasteiger partial charge in [-0.15, -0.1) is 11.3 Å². The third-order valence-electron chi connectivity index (χ3n) is 2.41. The van der Waals surface area contributed by atoms with Crippen molar-refractivity contribution in [2.45, 2.75) is 33.6 Å². The van der Waals surface area contributed by atoms with Gasteiger partial charge >= 0.3 is 5.97 Å². The van der Waals surface area contributed by atoms with Gasteiger partial charge in [-0.1, -0.05) is 6.92 Å². The van der Waals surface area contributed by atoms with Crippen LogP contribution in [0.1, 0.15) is 28.7 Å². The lowest BCUT2D eigenvalue weighted by atomic mass is 10.0. The van der Waals surface area contributed by atoms with E-state index in [1.165, 1.54) is 15.3 Å². The summed E-state index contributed by atoms with van der Waals surface area (Å²) < 4.78 is 0. The van der Waals surface area contributed by atoms with Crippen molar-refractivity contribution < 1.29 is 9.90 Å². The molecule has 0 aliphatic heterocycles. The van der Waals surface area contributed by atoms with Crippen LogP contribution in [0.25, 0.3) is 0 Å². The molecule has 0 fully saturated rings. The predicted molar refractivity (Wildman–Crippen MR) is 58.9 cm³/mol. The Morgan fingerprint density at radius 1 is 1.57 bits per heavy atom. The molecule has 2 nitrogen and oxygen atoms in total. The van der Waals surface area contributed by atoms with Gasteiger partial charge in [-0.25, -0.2) is 0 Å². The van der Waals surface area contributed by atoms with Gasteiger partial charge in [0.1, 0.15) is 0 Å². The molecule has 3 heteroatoms. The maximum Gasteiger partial charge on any atom is 0.306 e. The van der Waals surface area contributed by atoms with E-state index in [4.69, 9.17) is 5.11 Å². The minimum Gasteiger partial charge on any atom is -0.481 e. The van der Waals surface area contributed by atoms with Crippen LogP contribution < -0.4 is 0 Å². The number of hydrogen-bond acceptors (Lipinski definition) is 2. The lowest BCUT2D eigenvalue weighted by Crippen LogP contribution is -2.10. The third-order valence-corrected chi connectivity index (χ3v) is 3.42. The normalized spacial score (nSPS) is 12.8. The Balaban J connectivity index is 2.53. The minimum atomic E-state index is -0.699. The van der Waals surface area contributed by atoms with Crippen molar-refractivity contribution in [3.05, 3.63) is 21.4 Å². The highest BCUT2D eigenvalue weighted by molar-refractivity contribution is 7.12. The third kappa shape index (κ3) is 2.84. The average molecular weight is 212 g/mol. The lowest BCUT2D eigenvalue weighted by molar-refractivity contribution is -0.141. The Morgan fingerprint density at radius 2 is 2.21 bits per heavy atom. The standard InChI is InChI=1S/C11H16O2S/c1-7(11(12)13)4-5-10-6-8(2)14-9(10)3/h6-7H,4-5H2,1-3H3,(H,12,13). The highest BCUT2D eigenvalue weighted by Crippen LogP contribution is 2.22. The van der Waals surface area contributed by atoms with Crippen molar-refractivity contribution in [2.75, 3.05) is 0 Å². The van der Waals surface area contributed by atoms with Crippen LogP contribution in [-0.4, -0.2) is 11.1 Å². The van der Waals surface area contributed by atoms with Gasteiger partial charge in [-0.2, -0.15) is 0 Å². The van der Waals surface area contributed by atoms with Crippen molar-refractivity contribution >= 4 is 17.3 Å². The van der Waals surface area contributed by atoms with Gasteiger partial charge in [0.15, 0.2) is 0 Å². The molecule has 0 saturated heterocycles. The first-order valence-electron chi connectivity index (χ1n) is 4.79. The van der Waals surface area contributed by atoms with E-state index in [2.05, 4.69) is 19.9 Å². The number of rotatable bonds is 4. The molecule has 0 bridgehead atoms. The minimum absolute atomic E-state index is 0.241. The summed E-state index contributed by atoms with van der Waals surface area (Å²) in [7, 11) is 0. The van der Waals surface area contributed by atoms with Gasteiger partial charge < -0.3 is 5.11 Å². The molecule has 78 valence electrons. The summed E-state index contributed by atoms with van der Waals surface area (Å²) in [6.07, 6.45) is 1.61. The zero-order chi connectivity index (χ0) is 10.7. The predicted octanol–water partition coefficient (Wildman–Crippen LogP) is 3.02. The van der Waals surface area contributed by atoms with E-state index in [0.717, 1.165) is 12.8 Å². The summed E-state index contributed by atoms with van der Waals surface area (Å²) in [6.45, 7) is 5.94. The molecule has 0 spiro atoms. The molecule has 1 heterocycles. The fourth-order valence-corrected chi connectivity index (χ4v) is 2.40. The first-order chi connectivity index (χ1) is 6.50. The molecular weight excluding hydrogens is 196 g/mol. The van der Waals surface area contributed by atoms with Crippen molar-refractivity contribution in [1.82, 2.24) is 0 Å². The molecule has 14 heavy (non-hydrogen) atoms. The van der Waals surface area contributed by atoms with Crippen molar-refractivity contribution in [3.8, 4) is 0 Å². The van der Waals surface area contributed by atoms with Crippen LogP contribution in [0.4, 0.5) is 0 Å². The fourth-order valence-electron chi connectivity index (χ4n) is 1.43. The van der Waals surface area contributed by atoms with Gasteiger partial charge in [0.05, 0.1) is 5.92 Å². The summed E-state index contributed by atoms with van der Waals surface area (Å²) in [5.74, 6) is -0.941. The molecule has 0 aliphatic carbocycles. The average Bonchev–Trinajstić information content (AvgIpc) is 2.40. The van der Waals surface area contributed by atoms with Crippen LogP contribution in [0.5, 0.6) is 0 Å². The molecular formula is C11H16O2S. The van der Waals surface area contributed by atoms with E-state index in [9.17, 15) is 4.79 Å². The molecule has 0 saturated carbocycles. The summed E-state index contributed by atoms with van der Waals surface area (Å²) in [6, 6.07) is 2.16. The van der Waals surface area contributed by atoms with Crippen LogP contribution in [0.15, 0.2) is 6.07 Å². The monoisotopic (exact) mass is 212 g/mol. The second-order valence-electron chi connectivity index (χ2n) is 3.72. The summed E-state index contributed by atoms with van der Waals surface area (Å²) in [5.41, 5.74) is 1.31. The molecule has 0 amide bonds. The number of carboxylic acids is 1. The number of hydrogen-bond donors (Lipinski definition) is 1. The maximum absolute atomic E-state index is 10.6. The van der Waals surface area contributed by atoms with E-state index in [1.54, 1.807) is 18.3 Å². The van der Waals surface area contributed by atoms with Gasteiger partial charge in [-0.05, 0) is 38.3 Å². The maximum atomic E-state index is 10.6. The number of aliphatic carboxylic acids is 1. The van der Waals surface area contributed by atoms with Crippen LogP contribution in [0.2, 0.25) is 0 Å². The van der Waals surface area contributed by atoms with Crippen LogP contribution >= 0.6 is 11.3 Å². The Bertz CT molecular complexity index is 328. The molecule has 1 unspecified atom stereocenters. The Hall–Kier alpha value is -0.830. The zero-order valence-electron chi connectivity index (χ0n) is 8.83. The Kier molecular flexibility index (Phi) is 3.69. The second-order valence-corrected chi connectivity index (χ2v) is 5.18. The zero-order valence-corrected chi connectivity index (χ0v) is 9.65. The van der Waals surface area contributed by atoms with Crippen LogP contribution in [-0.2, 0) is 11.2 Å². The first-order valence-corrected chi connectivity index (χ1v) is 5.61. The van der Waals surface area contributed by atoms with Gasteiger partial charge in [-0.3, -0.25) is 4.79 Å². The SMILES string of the molecule is Cc1cc(CCC(C)C(=O)O)c(C)s1. The molecule has 1 atom stereocenters. The Morgan fingerprint density at radius 3 is 2.64 bits per heavy atom. The highest BCUT2D eigenvalue weighted by Gasteiger charge is 2.11. The quantitative estimate of drug-likeness (QED) is 0.833. The summed E-state index contributed by atoms with van der Waals surface area (Å²) in [5, 5.41) is 8.74. The van der Waals surface area contributed by atoms with Gasteiger partial charge in [0.2, 0.25) is 0 Å². The summed E-state index contributed by atoms with van der Waals surface area (Å²) in [4.78, 5) is 13.2. The second kappa shape index (κ2) is 4.60. The van der Waals surface area contributed by atoms with Gasteiger partial charge in [0.25, 0.3) is 0 Å². The fraction of sp³-hybridized carbons (Fsp3) is 0.545. The molecule has 1 rings (SSSR count). The van der Waals surface area contributed by atoms with Crippen LogP contribution in [0, 0.1) is 19.8 Å². The van der Waals surface area contributed by atoms with Crippen molar-refractivity contribution in [1.29, 1.82) is 0 Å². The smallest absolute Gasteiger partial charge is 0.306 e. The highest BCUT2D eigenvalue weighted by atomic mass is 32.1. The number of aryl methyl sites for hydroxylation is 3. The largest absolute Gasteiger partial charge is 0.481 e. The van der Waals surface area contributed by atoms with Crippen molar-refractivity contribution in [3.63, 3.8) is 0 Å². The first kappa shape index (κ1) is 11.2. The van der Waals surface area contributed by atoms with Crippen molar-refractivity contribution in [2.24, 2.45) is 5.92 Å². The number of carboxylic acid groups (broad SMARTS) is 1. The molecule has 0 radical (unpaired) electrons. The van der Waals surface area contributed by atoms with E-state index in [-0.39, 0.29) is 5.92 Å². The summed E-state index contributed by atoms with van der Waals surface area (Å²) >= 11 is 1.78. The lowest BCUT2D eigenvalue weighted by Gasteiger charge is -2.04. The Labute approximate surface area is 88.6 Å². The molecule has 1 aromatic rings. The molecule has 0 aromatic carbocycles. The molecule has 1 N–H and O–H groups in total. The number of thiophene rings is 1. The van der Waals surface area contributed by atoms with E-state index in [0.29, 0.717) is 0 Å². The number of carbonyl (C=O) groups is 1. The van der Waals surface area contributed by atoms with Crippen LogP contribution in [0.3, 0.4) is 0 Å². The molecule has 1 aromatic heterocycles. The van der Waals surface area contributed by atoms with Gasteiger partial charge in [0, 0.05) is 9.75 Å². The van der Waals surface area contributed by atoms with E-state index >= 15 is 0 Å². The molecule has 0 aliphatic rings. The van der Waals surface area contributed by atoms with E-state index in [1.807, 2.05) is 0 Å². The van der Waals surface area contributed by atoms with E-state index < -0.39 is 5.97 Å².